The fourth-order valence-corrected chi connectivity index (χ4v) is 2.93. The maximum absolute atomic E-state index is 12.8. The molecule has 0 aromatic heterocycles. The van der Waals surface area contributed by atoms with Gasteiger partial charge in [0.1, 0.15) is 18.2 Å². The molecule has 8 heteroatoms. The zero-order valence-electron chi connectivity index (χ0n) is 17.1. The van der Waals surface area contributed by atoms with Crippen molar-refractivity contribution >= 4 is 23.5 Å². The van der Waals surface area contributed by atoms with Gasteiger partial charge in [-0.15, -0.1) is 0 Å². The van der Waals surface area contributed by atoms with Gasteiger partial charge in [0.25, 0.3) is 0 Å². The maximum atomic E-state index is 12.8. The molecule has 0 aliphatic heterocycles. The number of aryl methyl sites for hydroxylation is 1. The molecule has 8 nitrogen and oxygen atoms in total. The lowest BCUT2D eigenvalue weighted by atomic mass is 9.99. The van der Waals surface area contributed by atoms with Crippen LogP contribution in [0, 0.1) is 5.41 Å². The van der Waals surface area contributed by atoms with Gasteiger partial charge in [0.15, 0.2) is 6.04 Å². The Kier molecular flexibility index (Phi) is 8.37. The Morgan fingerprint density at radius 1 is 1.20 bits per heavy atom. The summed E-state index contributed by atoms with van der Waals surface area (Å²) >= 11 is 0. The van der Waals surface area contributed by atoms with Crippen molar-refractivity contribution < 1.29 is 24.2 Å². The topological polar surface area (TPSA) is 135 Å². The van der Waals surface area contributed by atoms with Gasteiger partial charge in [-0.25, -0.2) is 4.79 Å². The number of ether oxygens (including phenoxy) is 2. The van der Waals surface area contributed by atoms with Crippen molar-refractivity contribution in [1.29, 1.82) is 5.41 Å². The number of hydrogen-bond acceptors (Lipinski definition) is 7. The number of benzene rings is 2. The zero-order chi connectivity index (χ0) is 22.1. The van der Waals surface area contributed by atoms with Crippen molar-refractivity contribution in [3.05, 3.63) is 59.2 Å². The minimum atomic E-state index is -1.03. The van der Waals surface area contributed by atoms with E-state index in [1.54, 1.807) is 30.3 Å². The van der Waals surface area contributed by atoms with E-state index in [-0.39, 0.29) is 19.0 Å². The summed E-state index contributed by atoms with van der Waals surface area (Å²) in [6.07, 6.45) is 1.72. The van der Waals surface area contributed by atoms with Crippen LogP contribution < -0.4 is 15.8 Å². The number of amidine groups is 1. The Morgan fingerprint density at radius 3 is 2.47 bits per heavy atom. The minimum Gasteiger partial charge on any atom is -0.491 e. The molecule has 0 radical (unpaired) electrons. The average Bonchev–Trinajstić information content (AvgIpc) is 2.71. The van der Waals surface area contributed by atoms with Gasteiger partial charge in [0.2, 0.25) is 0 Å². The molecule has 160 valence electrons. The van der Waals surface area contributed by atoms with Crippen LogP contribution >= 0.6 is 0 Å². The molecule has 0 aliphatic rings. The molecule has 0 amide bonds. The molecule has 1 atom stereocenters. The van der Waals surface area contributed by atoms with E-state index in [2.05, 4.69) is 5.32 Å². The summed E-state index contributed by atoms with van der Waals surface area (Å²) in [5.74, 6) is -1.16. The normalized spacial score (nSPS) is 11.4. The lowest BCUT2D eigenvalue weighted by Crippen LogP contribution is -2.26. The van der Waals surface area contributed by atoms with Gasteiger partial charge in [-0.2, -0.15) is 0 Å². The van der Waals surface area contributed by atoms with Crippen LogP contribution in [-0.2, 0) is 20.7 Å². The number of aliphatic hydroxyl groups is 1. The third-order valence-corrected chi connectivity index (χ3v) is 4.26. The summed E-state index contributed by atoms with van der Waals surface area (Å²) in [5.41, 5.74) is 8.09. The molecule has 2 aromatic carbocycles. The highest BCUT2D eigenvalue weighted by Crippen LogP contribution is 2.31. The van der Waals surface area contributed by atoms with Gasteiger partial charge in [-0.1, -0.05) is 19.4 Å². The maximum Gasteiger partial charge on any atom is 0.341 e. The van der Waals surface area contributed by atoms with E-state index < -0.39 is 18.0 Å². The summed E-state index contributed by atoms with van der Waals surface area (Å²) in [6.45, 7) is 3.08. The lowest BCUT2D eigenvalue weighted by Gasteiger charge is -2.22. The fourth-order valence-electron chi connectivity index (χ4n) is 2.93. The second kappa shape index (κ2) is 11.0. The van der Waals surface area contributed by atoms with Crippen LogP contribution in [0.5, 0.6) is 5.75 Å². The number of esters is 2. The second-order valence-corrected chi connectivity index (χ2v) is 6.68. The number of rotatable bonds is 10. The average molecular weight is 413 g/mol. The predicted molar refractivity (Wildman–Crippen MR) is 114 cm³/mol. The van der Waals surface area contributed by atoms with E-state index in [1.807, 2.05) is 19.1 Å². The Morgan fingerprint density at radius 2 is 1.90 bits per heavy atom. The molecular weight excluding hydrogens is 386 g/mol. The van der Waals surface area contributed by atoms with Crippen molar-refractivity contribution in [1.82, 2.24) is 0 Å². The number of nitrogens with two attached hydrogens (primary N) is 1. The number of hydrogen-bond donors (Lipinski definition) is 4. The molecule has 1 unspecified atom stereocenters. The summed E-state index contributed by atoms with van der Waals surface area (Å²) in [4.78, 5) is 24.2. The molecule has 2 aromatic rings. The van der Waals surface area contributed by atoms with Crippen LogP contribution in [0.1, 0.15) is 43.0 Å². The Bertz CT molecular complexity index is 896. The van der Waals surface area contributed by atoms with Crippen molar-refractivity contribution in [2.24, 2.45) is 5.73 Å². The van der Waals surface area contributed by atoms with E-state index in [0.717, 1.165) is 25.3 Å². The third kappa shape index (κ3) is 6.31. The first kappa shape index (κ1) is 22.9. The molecule has 0 aliphatic carbocycles. The van der Waals surface area contributed by atoms with Crippen LogP contribution in [0.15, 0.2) is 42.5 Å². The molecule has 30 heavy (non-hydrogen) atoms. The lowest BCUT2D eigenvalue weighted by molar-refractivity contribution is -0.158. The first-order valence-electron chi connectivity index (χ1n) is 9.65. The van der Waals surface area contributed by atoms with Crippen molar-refractivity contribution in [2.75, 3.05) is 18.5 Å². The molecule has 0 bridgehead atoms. The van der Waals surface area contributed by atoms with Crippen molar-refractivity contribution in [3.63, 3.8) is 0 Å². The third-order valence-electron chi connectivity index (χ3n) is 4.26. The Labute approximate surface area is 175 Å². The van der Waals surface area contributed by atoms with E-state index in [1.165, 1.54) is 0 Å². The number of carbonyl (C=O) groups excluding carboxylic acids is 2. The first-order chi connectivity index (χ1) is 14.3. The highest BCUT2D eigenvalue weighted by atomic mass is 16.6. The largest absolute Gasteiger partial charge is 0.491 e. The van der Waals surface area contributed by atoms with Crippen LogP contribution in [0.3, 0.4) is 0 Å². The van der Waals surface area contributed by atoms with Crippen LogP contribution in [0.4, 0.5) is 5.69 Å². The summed E-state index contributed by atoms with van der Waals surface area (Å²) < 4.78 is 10.5. The molecular formula is C22H27N3O5. The van der Waals surface area contributed by atoms with E-state index in [4.69, 9.17) is 25.7 Å². The highest BCUT2D eigenvalue weighted by molar-refractivity contribution is 5.95. The molecule has 0 saturated heterocycles. The molecule has 0 heterocycles. The predicted octanol–water partition coefficient (Wildman–Crippen LogP) is 2.54. The highest BCUT2D eigenvalue weighted by Gasteiger charge is 2.27. The molecule has 0 spiro atoms. The number of carbonyl (C=O) groups is 2. The first-order valence-corrected chi connectivity index (χ1v) is 9.65. The van der Waals surface area contributed by atoms with Crippen LogP contribution in [0.2, 0.25) is 0 Å². The summed E-state index contributed by atoms with van der Waals surface area (Å²) in [6, 6.07) is 11.1. The SMILES string of the molecule is CCCc1ccc(OCCO)c(C(Nc2ccc(C(=N)N)cc2)C(=O)OC(C)=O)c1. The van der Waals surface area contributed by atoms with Gasteiger partial charge in [-0.05, 0) is 48.4 Å². The molecule has 2 rings (SSSR count). The van der Waals surface area contributed by atoms with Crippen molar-refractivity contribution in [2.45, 2.75) is 32.7 Å². The van der Waals surface area contributed by atoms with Crippen molar-refractivity contribution in [3.8, 4) is 5.75 Å². The van der Waals surface area contributed by atoms with E-state index in [9.17, 15) is 9.59 Å². The van der Waals surface area contributed by atoms with Gasteiger partial charge in [-0.3, -0.25) is 10.2 Å². The zero-order valence-corrected chi connectivity index (χ0v) is 17.1. The van der Waals surface area contributed by atoms with Gasteiger partial charge in [0.05, 0.1) is 6.61 Å². The van der Waals surface area contributed by atoms with Gasteiger partial charge >= 0.3 is 11.9 Å². The van der Waals surface area contributed by atoms with Gasteiger partial charge in [0, 0.05) is 23.7 Å². The number of anilines is 1. The second-order valence-electron chi connectivity index (χ2n) is 6.68. The van der Waals surface area contributed by atoms with Gasteiger partial charge < -0.3 is 25.6 Å². The van der Waals surface area contributed by atoms with Crippen LogP contribution in [-0.4, -0.2) is 36.1 Å². The number of nitrogens with one attached hydrogen (secondary N) is 2. The number of aliphatic hydroxyl groups excluding tert-OH is 1. The van der Waals surface area contributed by atoms with Crippen LogP contribution in [0.25, 0.3) is 0 Å². The molecule has 5 N–H and O–H groups in total. The Hall–Kier alpha value is -3.39. The minimum absolute atomic E-state index is 0.0574. The number of nitrogen functional groups attached to an aromatic ring is 1. The smallest absolute Gasteiger partial charge is 0.341 e. The fraction of sp³-hybridized carbons (Fsp3) is 0.318. The summed E-state index contributed by atoms with van der Waals surface area (Å²) in [5, 5.41) is 19.7. The quantitative estimate of drug-likeness (QED) is 0.203. The standard InChI is InChI=1S/C22H27N3O5/c1-3-4-15-5-10-19(29-12-11-26)18(13-15)20(22(28)30-14(2)27)25-17-8-6-16(7-9-17)21(23)24/h5-10,13,20,25-26H,3-4,11-12H2,1-2H3,(H3,23,24). The van der Waals surface area contributed by atoms with E-state index in [0.29, 0.717) is 22.6 Å². The molecule has 0 fully saturated rings. The monoisotopic (exact) mass is 413 g/mol. The summed E-state index contributed by atoms with van der Waals surface area (Å²) in [7, 11) is 0. The molecule has 0 saturated carbocycles. The Balaban J connectivity index is 2.46. The van der Waals surface area contributed by atoms with E-state index >= 15 is 0 Å².